The van der Waals surface area contributed by atoms with Crippen molar-refractivity contribution in [3.8, 4) is 11.8 Å². The minimum absolute atomic E-state index is 0. The standard InChI is InChI=1S/C12H10N2.2ClH/c13-7-3-5-11-9-14-8-10-4-1-2-6-12(10)11;;/h1-2,4,6,8-9H,7,13H2;2*1H. The zero-order valence-corrected chi connectivity index (χ0v) is 10.1. The van der Waals surface area contributed by atoms with Gasteiger partial charge in [0.05, 0.1) is 12.1 Å². The molecule has 84 valence electrons. The van der Waals surface area contributed by atoms with Crippen LogP contribution in [0.2, 0.25) is 0 Å². The summed E-state index contributed by atoms with van der Waals surface area (Å²) < 4.78 is 0. The molecule has 0 fully saturated rings. The van der Waals surface area contributed by atoms with E-state index in [1.807, 2.05) is 30.5 Å². The second kappa shape index (κ2) is 7.08. The van der Waals surface area contributed by atoms with Gasteiger partial charge >= 0.3 is 0 Å². The summed E-state index contributed by atoms with van der Waals surface area (Å²) in [6.07, 6.45) is 3.61. The molecule has 1 aromatic carbocycles. The van der Waals surface area contributed by atoms with Crippen LogP contribution in [0.25, 0.3) is 10.8 Å². The lowest BCUT2D eigenvalue weighted by molar-refractivity contribution is 1.30. The number of nitrogens with two attached hydrogens (primary N) is 1. The van der Waals surface area contributed by atoms with Gasteiger partial charge in [-0.2, -0.15) is 0 Å². The topological polar surface area (TPSA) is 38.9 Å². The van der Waals surface area contributed by atoms with E-state index in [4.69, 9.17) is 5.73 Å². The average Bonchev–Trinajstić information content (AvgIpc) is 2.26. The lowest BCUT2D eigenvalue weighted by Crippen LogP contribution is -1.93. The molecule has 0 unspecified atom stereocenters. The SMILES string of the molecule is Cl.Cl.NCC#Cc1cncc2ccccc12. The first-order valence-electron chi connectivity index (χ1n) is 4.43. The van der Waals surface area contributed by atoms with Gasteiger partial charge in [-0.15, -0.1) is 24.8 Å². The Morgan fingerprint density at radius 3 is 2.62 bits per heavy atom. The van der Waals surface area contributed by atoms with Gasteiger partial charge in [0.1, 0.15) is 0 Å². The van der Waals surface area contributed by atoms with Crippen molar-refractivity contribution in [3.63, 3.8) is 0 Å². The second-order valence-corrected chi connectivity index (χ2v) is 2.91. The van der Waals surface area contributed by atoms with Crippen molar-refractivity contribution in [3.05, 3.63) is 42.2 Å². The molecule has 0 spiro atoms. The number of pyridine rings is 1. The number of aromatic nitrogens is 1. The molecule has 0 aliphatic carbocycles. The number of rotatable bonds is 0. The van der Waals surface area contributed by atoms with Crippen LogP contribution >= 0.6 is 24.8 Å². The summed E-state index contributed by atoms with van der Waals surface area (Å²) in [6, 6.07) is 8.05. The first-order valence-corrected chi connectivity index (χ1v) is 4.43. The van der Waals surface area contributed by atoms with Crippen LogP contribution in [0.1, 0.15) is 5.56 Å². The first-order chi connectivity index (χ1) is 6.92. The molecule has 0 radical (unpaired) electrons. The first kappa shape index (κ1) is 14.7. The van der Waals surface area contributed by atoms with E-state index in [9.17, 15) is 0 Å². The van der Waals surface area contributed by atoms with Gasteiger partial charge in [-0.3, -0.25) is 4.98 Å². The molecule has 0 amide bonds. The highest BCUT2D eigenvalue weighted by molar-refractivity contribution is 5.87. The molecule has 2 N–H and O–H groups in total. The Bertz CT molecular complexity index is 510. The van der Waals surface area contributed by atoms with Crippen molar-refractivity contribution < 1.29 is 0 Å². The maximum Gasteiger partial charge on any atom is 0.0555 e. The average molecular weight is 255 g/mol. The summed E-state index contributed by atoms with van der Waals surface area (Å²) >= 11 is 0. The van der Waals surface area contributed by atoms with Gasteiger partial charge in [0, 0.05) is 23.2 Å². The van der Waals surface area contributed by atoms with E-state index >= 15 is 0 Å². The van der Waals surface area contributed by atoms with Gasteiger partial charge in [0.25, 0.3) is 0 Å². The Labute approximate surface area is 107 Å². The van der Waals surface area contributed by atoms with Crippen LogP contribution in [0.15, 0.2) is 36.7 Å². The molecule has 2 rings (SSSR count). The van der Waals surface area contributed by atoms with Gasteiger partial charge in [0.2, 0.25) is 0 Å². The monoisotopic (exact) mass is 254 g/mol. The van der Waals surface area contributed by atoms with Crippen molar-refractivity contribution in [1.29, 1.82) is 0 Å². The molecule has 2 aromatic rings. The van der Waals surface area contributed by atoms with Crippen LogP contribution in [0.4, 0.5) is 0 Å². The van der Waals surface area contributed by atoms with Gasteiger partial charge in [0.15, 0.2) is 0 Å². The van der Waals surface area contributed by atoms with E-state index in [-0.39, 0.29) is 24.8 Å². The lowest BCUT2D eigenvalue weighted by atomic mass is 10.1. The van der Waals surface area contributed by atoms with Gasteiger partial charge in [-0.25, -0.2) is 0 Å². The smallest absolute Gasteiger partial charge is 0.0555 e. The Balaban J connectivity index is 0.00000112. The summed E-state index contributed by atoms with van der Waals surface area (Å²) in [7, 11) is 0. The fourth-order valence-electron chi connectivity index (χ4n) is 1.36. The van der Waals surface area contributed by atoms with Crippen molar-refractivity contribution in [1.82, 2.24) is 4.98 Å². The molecular weight excluding hydrogens is 243 g/mol. The molecule has 0 aliphatic rings. The third kappa shape index (κ3) is 3.11. The summed E-state index contributed by atoms with van der Waals surface area (Å²) in [4.78, 5) is 4.12. The molecule has 1 heterocycles. The Morgan fingerprint density at radius 1 is 1.12 bits per heavy atom. The molecule has 0 saturated heterocycles. The molecule has 0 saturated carbocycles. The third-order valence-corrected chi connectivity index (χ3v) is 1.99. The molecule has 0 aliphatic heterocycles. The highest BCUT2D eigenvalue weighted by atomic mass is 35.5. The fraction of sp³-hybridized carbons (Fsp3) is 0.0833. The number of benzene rings is 1. The van der Waals surface area contributed by atoms with Crippen LogP contribution in [-0.2, 0) is 0 Å². The Hall–Kier alpha value is -1.27. The summed E-state index contributed by atoms with van der Waals surface area (Å²) in [5.41, 5.74) is 6.26. The van der Waals surface area contributed by atoms with Crippen molar-refractivity contribution in [2.24, 2.45) is 5.73 Å². The number of nitrogens with zero attached hydrogens (tertiary/aromatic N) is 1. The maximum absolute atomic E-state index is 5.33. The van der Waals surface area contributed by atoms with Crippen molar-refractivity contribution >= 4 is 35.6 Å². The van der Waals surface area contributed by atoms with Crippen molar-refractivity contribution in [2.45, 2.75) is 0 Å². The summed E-state index contributed by atoms with van der Waals surface area (Å²) in [6.45, 7) is 0.378. The van der Waals surface area contributed by atoms with Crippen LogP contribution in [-0.4, -0.2) is 11.5 Å². The lowest BCUT2D eigenvalue weighted by Gasteiger charge is -1.98. The van der Waals surface area contributed by atoms with Crippen LogP contribution in [0, 0.1) is 11.8 Å². The summed E-state index contributed by atoms with van der Waals surface area (Å²) in [5, 5.41) is 2.24. The predicted molar refractivity (Wildman–Crippen MR) is 72.2 cm³/mol. The summed E-state index contributed by atoms with van der Waals surface area (Å²) in [5.74, 6) is 5.84. The normalized spacial score (nSPS) is 8.31. The third-order valence-electron chi connectivity index (χ3n) is 1.99. The molecule has 16 heavy (non-hydrogen) atoms. The van der Waals surface area contributed by atoms with Crippen LogP contribution in [0.5, 0.6) is 0 Å². The molecule has 2 nitrogen and oxygen atoms in total. The van der Waals surface area contributed by atoms with Crippen LogP contribution in [0.3, 0.4) is 0 Å². The van der Waals surface area contributed by atoms with Gasteiger partial charge in [-0.05, 0) is 0 Å². The number of hydrogen-bond donors (Lipinski definition) is 1. The zero-order valence-electron chi connectivity index (χ0n) is 8.51. The van der Waals surface area contributed by atoms with E-state index in [2.05, 4.69) is 16.8 Å². The molecule has 0 bridgehead atoms. The molecular formula is C12H12Cl2N2. The predicted octanol–water partition coefficient (Wildman–Crippen LogP) is 2.39. The van der Waals surface area contributed by atoms with E-state index in [0.717, 1.165) is 16.3 Å². The number of fused-ring (bicyclic) bond motifs is 1. The van der Waals surface area contributed by atoms with Crippen LogP contribution < -0.4 is 5.73 Å². The molecule has 4 heteroatoms. The maximum atomic E-state index is 5.33. The van der Waals surface area contributed by atoms with Gasteiger partial charge < -0.3 is 5.73 Å². The van der Waals surface area contributed by atoms with Crippen molar-refractivity contribution in [2.75, 3.05) is 6.54 Å². The fourth-order valence-corrected chi connectivity index (χ4v) is 1.36. The van der Waals surface area contributed by atoms with E-state index in [1.165, 1.54) is 0 Å². The van der Waals surface area contributed by atoms with Gasteiger partial charge in [-0.1, -0.05) is 36.1 Å². The van der Waals surface area contributed by atoms with E-state index in [0.29, 0.717) is 6.54 Å². The number of halogens is 2. The largest absolute Gasteiger partial charge is 0.320 e. The number of hydrogen-bond acceptors (Lipinski definition) is 2. The highest BCUT2D eigenvalue weighted by Gasteiger charge is 1.96. The van der Waals surface area contributed by atoms with E-state index in [1.54, 1.807) is 6.20 Å². The minimum atomic E-state index is 0. The highest BCUT2D eigenvalue weighted by Crippen LogP contribution is 2.15. The zero-order chi connectivity index (χ0) is 9.80. The Morgan fingerprint density at radius 2 is 1.88 bits per heavy atom. The quantitative estimate of drug-likeness (QED) is 0.734. The minimum Gasteiger partial charge on any atom is -0.320 e. The van der Waals surface area contributed by atoms with E-state index < -0.39 is 0 Å². The molecule has 1 aromatic heterocycles. The second-order valence-electron chi connectivity index (χ2n) is 2.91. The Kier molecular flexibility index (Phi) is 6.52. The molecule has 0 atom stereocenters.